The molecule has 0 saturated heterocycles. The van der Waals surface area contributed by atoms with Gasteiger partial charge in [0.05, 0.1) is 24.1 Å². The maximum absolute atomic E-state index is 12.2. The molecular weight excluding hydrogens is 268 g/mol. The number of carbonyl (C=O) groups excluding carboxylic acids is 1. The van der Waals surface area contributed by atoms with E-state index in [1.54, 1.807) is 4.68 Å². The number of hydrogen-bond acceptors (Lipinski definition) is 4. The van der Waals surface area contributed by atoms with Gasteiger partial charge in [0.25, 0.3) is 5.91 Å². The van der Waals surface area contributed by atoms with Gasteiger partial charge in [-0.2, -0.15) is 5.10 Å². The molecule has 1 aliphatic rings. The highest BCUT2D eigenvalue weighted by molar-refractivity contribution is 5.97. The maximum Gasteiger partial charge on any atom is 0.271 e. The third kappa shape index (κ3) is 3.97. The summed E-state index contributed by atoms with van der Waals surface area (Å²) in [5.41, 5.74) is 7.53. The Kier molecular flexibility index (Phi) is 5.61. The second-order valence-corrected chi connectivity index (χ2v) is 5.55. The molecule has 0 radical (unpaired) electrons. The second-order valence-electron chi connectivity index (χ2n) is 5.55. The Morgan fingerprint density at radius 2 is 2.14 bits per heavy atom. The number of amides is 1. The van der Waals surface area contributed by atoms with E-state index in [9.17, 15) is 4.79 Å². The first-order valence-corrected chi connectivity index (χ1v) is 7.86. The molecule has 0 bridgehead atoms. The summed E-state index contributed by atoms with van der Waals surface area (Å²) in [5.74, 6) is -0.179. The fraction of sp³-hybridized carbons (Fsp3) is 0.733. The Bertz CT molecular complexity index is 478. The van der Waals surface area contributed by atoms with Crippen LogP contribution in [-0.4, -0.2) is 34.9 Å². The van der Waals surface area contributed by atoms with Crippen molar-refractivity contribution in [1.29, 1.82) is 0 Å². The summed E-state index contributed by atoms with van der Waals surface area (Å²) in [5, 5.41) is 7.11. The normalized spacial score (nSPS) is 16.1. The minimum Gasteiger partial charge on any atom is -0.395 e. The summed E-state index contributed by atoms with van der Waals surface area (Å²) in [4.78, 5) is 12.2. The first-order chi connectivity index (χ1) is 10.1. The number of nitrogen functional groups attached to an aromatic ring is 1. The zero-order valence-corrected chi connectivity index (χ0v) is 13.0. The molecule has 118 valence electrons. The standard InChI is InChI=1S/C15H26N4O2/c1-3-19-14(13(16)11(2)18-19)15(20)17-9-10-21-12-7-5-4-6-8-12/h12H,3-10,16H2,1-2H3,(H,17,20). The Morgan fingerprint density at radius 1 is 1.43 bits per heavy atom. The molecule has 0 spiro atoms. The van der Waals surface area contributed by atoms with Gasteiger partial charge in [0.2, 0.25) is 0 Å². The number of carbonyl (C=O) groups is 1. The topological polar surface area (TPSA) is 82.2 Å². The quantitative estimate of drug-likeness (QED) is 0.785. The maximum atomic E-state index is 12.2. The molecule has 0 atom stereocenters. The summed E-state index contributed by atoms with van der Waals surface area (Å²) in [6.45, 7) is 5.43. The van der Waals surface area contributed by atoms with Crippen LogP contribution in [0, 0.1) is 6.92 Å². The van der Waals surface area contributed by atoms with Crippen molar-refractivity contribution in [2.24, 2.45) is 0 Å². The van der Waals surface area contributed by atoms with Crippen molar-refractivity contribution in [3.63, 3.8) is 0 Å². The van der Waals surface area contributed by atoms with Crippen molar-refractivity contribution in [3.05, 3.63) is 11.4 Å². The molecule has 1 heterocycles. The summed E-state index contributed by atoms with van der Waals surface area (Å²) in [6.07, 6.45) is 6.47. The largest absolute Gasteiger partial charge is 0.395 e. The predicted octanol–water partition coefficient (Wildman–Crippen LogP) is 1.87. The van der Waals surface area contributed by atoms with Gasteiger partial charge in [-0.1, -0.05) is 19.3 Å². The number of anilines is 1. The van der Waals surface area contributed by atoms with Crippen LogP contribution in [0.3, 0.4) is 0 Å². The van der Waals surface area contributed by atoms with Gasteiger partial charge >= 0.3 is 0 Å². The molecule has 6 heteroatoms. The fourth-order valence-corrected chi connectivity index (χ4v) is 2.77. The van der Waals surface area contributed by atoms with E-state index in [-0.39, 0.29) is 5.91 Å². The number of ether oxygens (including phenoxy) is 1. The van der Waals surface area contributed by atoms with E-state index in [2.05, 4.69) is 10.4 Å². The minimum absolute atomic E-state index is 0.179. The number of aromatic nitrogens is 2. The van der Waals surface area contributed by atoms with Gasteiger partial charge in [0.1, 0.15) is 5.69 Å². The lowest BCUT2D eigenvalue weighted by Gasteiger charge is -2.22. The van der Waals surface area contributed by atoms with Gasteiger partial charge in [-0.25, -0.2) is 0 Å². The molecule has 1 aromatic rings. The van der Waals surface area contributed by atoms with Gasteiger partial charge in [-0.05, 0) is 26.7 Å². The number of rotatable bonds is 6. The van der Waals surface area contributed by atoms with Gasteiger partial charge < -0.3 is 15.8 Å². The zero-order valence-electron chi connectivity index (χ0n) is 13.0. The molecule has 1 saturated carbocycles. The molecule has 21 heavy (non-hydrogen) atoms. The Hall–Kier alpha value is -1.56. The van der Waals surface area contributed by atoms with Crippen molar-refractivity contribution in [2.45, 2.75) is 58.6 Å². The molecule has 1 aliphatic carbocycles. The summed E-state index contributed by atoms with van der Waals surface area (Å²) >= 11 is 0. The number of nitrogens with two attached hydrogens (primary N) is 1. The van der Waals surface area contributed by atoms with Gasteiger partial charge in [0, 0.05) is 13.1 Å². The molecule has 1 fully saturated rings. The molecule has 1 amide bonds. The highest BCUT2D eigenvalue weighted by atomic mass is 16.5. The summed E-state index contributed by atoms with van der Waals surface area (Å²) < 4.78 is 7.43. The molecule has 3 N–H and O–H groups in total. The van der Waals surface area contributed by atoms with E-state index < -0.39 is 0 Å². The van der Waals surface area contributed by atoms with Crippen molar-refractivity contribution in [2.75, 3.05) is 18.9 Å². The average Bonchev–Trinajstić information content (AvgIpc) is 2.79. The summed E-state index contributed by atoms with van der Waals surface area (Å²) in [7, 11) is 0. The van der Waals surface area contributed by atoms with Crippen molar-refractivity contribution < 1.29 is 9.53 Å². The zero-order chi connectivity index (χ0) is 15.2. The molecule has 6 nitrogen and oxygen atoms in total. The molecule has 0 unspecified atom stereocenters. The molecule has 0 aliphatic heterocycles. The Balaban J connectivity index is 1.79. The van der Waals surface area contributed by atoms with E-state index in [1.807, 2.05) is 13.8 Å². The second kappa shape index (κ2) is 7.45. The molecule has 0 aromatic carbocycles. The van der Waals surface area contributed by atoms with E-state index in [1.165, 1.54) is 19.3 Å². The lowest BCUT2D eigenvalue weighted by atomic mass is 9.98. The van der Waals surface area contributed by atoms with Gasteiger partial charge in [-0.3, -0.25) is 9.48 Å². The van der Waals surface area contributed by atoms with Crippen LogP contribution in [0.25, 0.3) is 0 Å². The molecule has 1 aromatic heterocycles. The van der Waals surface area contributed by atoms with Crippen LogP contribution in [0.4, 0.5) is 5.69 Å². The van der Waals surface area contributed by atoms with Crippen LogP contribution in [0.1, 0.15) is 55.2 Å². The lowest BCUT2D eigenvalue weighted by Crippen LogP contribution is -2.31. The predicted molar refractivity (Wildman–Crippen MR) is 82.2 cm³/mol. The lowest BCUT2D eigenvalue weighted by molar-refractivity contribution is 0.0299. The number of nitrogens with one attached hydrogen (secondary N) is 1. The van der Waals surface area contributed by atoms with Crippen LogP contribution in [-0.2, 0) is 11.3 Å². The Labute approximate surface area is 126 Å². The highest BCUT2D eigenvalue weighted by Gasteiger charge is 2.19. The molecular formula is C15H26N4O2. The SMILES string of the molecule is CCn1nc(C)c(N)c1C(=O)NCCOC1CCCCC1. The minimum atomic E-state index is -0.179. The van der Waals surface area contributed by atoms with E-state index >= 15 is 0 Å². The first kappa shape index (κ1) is 15.8. The molecule has 2 rings (SSSR count). The van der Waals surface area contributed by atoms with E-state index in [0.29, 0.717) is 42.9 Å². The van der Waals surface area contributed by atoms with Crippen LogP contribution in [0.5, 0.6) is 0 Å². The fourth-order valence-electron chi connectivity index (χ4n) is 2.77. The number of nitrogens with zero attached hydrogens (tertiary/aromatic N) is 2. The van der Waals surface area contributed by atoms with E-state index in [0.717, 1.165) is 12.8 Å². The number of aryl methyl sites for hydroxylation is 2. The van der Waals surface area contributed by atoms with Crippen LogP contribution in [0.15, 0.2) is 0 Å². The average molecular weight is 294 g/mol. The van der Waals surface area contributed by atoms with Crippen LogP contribution >= 0.6 is 0 Å². The Morgan fingerprint density at radius 3 is 2.81 bits per heavy atom. The van der Waals surface area contributed by atoms with Gasteiger partial charge in [-0.15, -0.1) is 0 Å². The van der Waals surface area contributed by atoms with Crippen molar-refractivity contribution in [3.8, 4) is 0 Å². The monoisotopic (exact) mass is 294 g/mol. The summed E-state index contributed by atoms with van der Waals surface area (Å²) in [6, 6.07) is 0. The van der Waals surface area contributed by atoms with Crippen molar-refractivity contribution >= 4 is 11.6 Å². The smallest absolute Gasteiger partial charge is 0.271 e. The van der Waals surface area contributed by atoms with Crippen LogP contribution in [0.2, 0.25) is 0 Å². The van der Waals surface area contributed by atoms with Crippen molar-refractivity contribution in [1.82, 2.24) is 15.1 Å². The van der Waals surface area contributed by atoms with Gasteiger partial charge in [0.15, 0.2) is 0 Å². The third-order valence-corrected chi connectivity index (χ3v) is 3.98. The van der Waals surface area contributed by atoms with E-state index in [4.69, 9.17) is 10.5 Å². The number of hydrogen-bond donors (Lipinski definition) is 2. The van der Waals surface area contributed by atoms with Crippen LogP contribution < -0.4 is 11.1 Å². The third-order valence-electron chi connectivity index (χ3n) is 3.98. The highest BCUT2D eigenvalue weighted by Crippen LogP contribution is 2.20. The first-order valence-electron chi connectivity index (χ1n) is 7.86.